The van der Waals surface area contributed by atoms with E-state index in [0.717, 1.165) is 16.7 Å². The molecule has 1 amide bonds. The topological polar surface area (TPSA) is 73.2 Å². The number of methoxy groups -OCH3 is 1. The molecule has 0 unspecified atom stereocenters. The maximum absolute atomic E-state index is 13.1. The number of carbonyl (C=O) groups excluding carboxylic acids is 1. The fraction of sp³-hybridized carbons (Fsp3) is 0.174. The van der Waals surface area contributed by atoms with Gasteiger partial charge >= 0.3 is 0 Å². The van der Waals surface area contributed by atoms with Gasteiger partial charge in [-0.3, -0.25) is 14.2 Å². The molecule has 0 saturated heterocycles. The highest BCUT2D eigenvalue weighted by Crippen LogP contribution is 2.31. The molecule has 0 spiro atoms. The second kappa shape index (κ2) is 8.91. The number of nitrogens with one attached hydrogen (secondary N) is 1. The van der Waals surface area contributed by atoms with Gasteiger partial charge in [0, 0.05) is 29.6 Å². The highest BCUT2D eigenvalue weighted by atomic mass is 35.5. The Morgan fingerprint density at radius 2 is 2.00 bits per heavy atom. The van der Waals surface area contributed by atoms with E-state index in [-0.39, 0.29) is 24.4 Å². The standard InChI is InChI=1S/C23H20ClN3O3S/c1-14-3-5-15(6-4-14)17-12-31-22-21(17)23(29)27(13-25-22)10-9-20(28)26-16-7-8-19(30-2)18(24)11-16/h3-8,11-13H,9-10H2,1-2H3,(H,26,28). The maximum Gasteiger partial charge on any atom is 0.262 e. The molecule has 8 heteroatoms. The summed E-state index contributed by atoms with van der Waals surface area (Å²) in [6.07, 6.45) is 1.62. The lowest BCUT2D eigenvalue weighted by molar-refractivity contribution is -0.116. The smallest absolute Gasteiger partial charge is 0.262 e. The Kier molecular flexibility index (Phi) is 6.06. The number of aromatic nitrogens is 2. The summed E-state index contributed by atoms with van der Waals surface area (Å²) in [6, 6.07) is 13.1. The highest BCUT2D eigenvalue weighted by molar-refractivity contribution is 7.17. The molecule has 0 saturated carbocycles. The van der Waals surface area contributed by atoms with Crippen LogP contribution in [0.15, 0.2) is 59.0 Å². The number of nitrogens with zero attached hydrogens (tertiary/aromatic N) is 2. The van der Waals surface area contributed by atoms with Gasteiger partial charge in [-0.1, -0.05) is 41.4 Å². The van der Waals surface area contributed by atoms with E-state index in [4.69, 9.17) is 16.3 Å². The van der Waals surface area contributed by atoms with Gasteiger partial charge in [-0.05, 0) is 30.7 Å². The van der Waals surface area contributed by atoms with Crippen LogP contribution in [0.25, 0.3) is 21.3 Å². The Morgan fingerprint density at radius 1 is 1.23 bits per heavy atom. The molecule has 0 aliphatic heterocycles. The van der Waals surface area contributed by atoms with E-state index in [1.807, 2.05) is 36.6 Å². The number of hydrogen-bond acceptors (Lipinski definition) is 5. The van der Waals surface area contributed by atoms with Gasteiger partial charge < -0.3 is 10.1 Å². The van der Waals surface area contributed by atoms with Crippen molar-refractivity contribution in [1.82, 2.24) is 9.55 Å². The quantitative estimate of drug-likeness (QED) is 0.439. The molecular weight excluding hydrogens is 434 g/mol. The minimum Gasteiger partial charge on any atom is -0.495 e. The first-order valence-electron chi connectivity index (χ1n) is 9.63. The molecule has 2 aromatic carbocycles. The number of carbonyl (C=O) groups is 1. The maximum atomic E-state index is 13.1. The number of benzene rings is 2. The summed E-state index contributed by atoms with van der Waals surface area (Å²) in [4.78, 5) is 30.6. The molecule has 158 valence electrons. The Labute approximate surface area is 188 Å². The van der Waals surface area contributed by atoms with Crippen molar-refractivity contribution in [3.05, 3.63) is 75.1 Å². The van der Waals surface area contributed by atoms with Crippen LogP contribution in [-0.2, 0) is 11.3 Å². The summed E-state index contributed by atoms with van der Waals surface area (Å²) < 4.78 is 6.59. The van der Waals surface area contributed by atoms with Crippen molar-refractivity contribution in [1.29, 1.82) is 0 Å². The molecule has 31 heavy (non-hydrogen) atoms. The summed E-state index contributed by atoms with van der Waals surface area (Å²) in [5, 5.41) is 5.73. The lowest BCUT2D eigenvalue weighted by Crippen LogP contribution is -2.23. The Balaban J connectivity index is 1.52. The van der Waals surface area contributed by atoms with Crippen LogP contribution in [0.3, 0.4) is 0 Å². The SMILES string of the molecule is COc1ccc(NC(=O)CCn2cnc3scc(-c4ccc(C)cc4)c3c2=O)cc1Cl. The summed E-state index contributed by atoms with van der Waals surface area (Å²) in [6.45, 7) is 2.25. The zero-order valence-corrected chi connectivity index (χ0v) is 18.6. The highest BCUT2D eigenvalue weighted by Gasteiger charge is 2.14. The van der Waals surface area contributed by atoms with E-state index < -0.39 is 0 Å². The fourth-order valence-electron chi connectivity index (χ4n) is 3.26. The molecule has 2 heterocycles. The van der Waals surface area contributed by atoms with Crippen molar-refractivity contribution in [2.75, 3.05) is 12.4 Å². The van der Waals surface area contributed by atoms with Crippen LogP contribution < -0.4 is 15.6 Å². The molecule has 4 aromatic rings. The molecule has 2 aromatic heterocycles. The van der Waals surface area contributed by atoms with E-state index in [2.05, 4.69) is 10.3 Å². The Morgan fingerprint density at radius 3 is 2.71 bits per heavy atom. The first-order chi connectivity index (χ1) is 15.0. The molecule has 1 N–H and O–H groups in total. The fourth-order valence-corrected chi connectivity index (χ4v) is 4.43. The summed E-state index contributed by atoms with van der Waals surface area (Å²) >= 11 is 7.54. The third-order valence-corrected chi connectivity index (χ3v) is 6.12. The molecular formula is C23H20ClN3O3S. The minimum atomic E-state index is -0.225. The molecule has 0 fully saturated rings. The summed E-state index contributed by atoms with van der Waals surface area (Å²) in [5.74, 6) is 0.308. The monoisotopic (exact) mass is 453 g/mol. The summed E-state index contributed by atoms with van der Waals surface area (Å²) in [7, 11) is 1.53. The van der Waals surface area contributed by atoms with E-state index in [1.54, 1.807) is 18.2 Å². The van der Waals surface area contributed by atoms with Gasteiger partial charge in [0.25, 0.3) is 5.56 Å². The first-order valence-corrected chi connectivity index (χ1v) is 10.9. The van der Waals surface area contributed by atoms with E-state index >= 15 is 0 Å². The van der Waals surface area contributed by atoms with Crippen LogP contribution in [-0.4, -0.2) is 22.6 Å². The normalized spacial score (nSPS) is 10.9. The predicted octanol–water partition coefficient (Wildman–Crippen LogP) is 5.12. The molecule has 0 aliphatic carbocycles. The molecule has 6 nitrogen and oxygen atoms in total. The van der Waals surface area contributed by atoms with E-state index in [0.29, 0.717) is 26.7 Å². The zero-order valence-electron chi connectivity index (χ0n) is 17.0. The number of thiophene rings is 1. The Bertz CT molecular complexity index is 1310. The van der Waals surface area contributed by atoms with Crippen LogP contribution in [0, 0.1) is 6.92 Å². The van der Waals surface area contributed by atoms with Crippen LogP contribution in [0.2, 0.25) is 5.02 Å². The lowest BCUT2D eigenvalue weighted by atomic mass is 10.1. The number of anilines is 1. The van der Waals surface area contributed by atoms with Crippen molar-refractivity contribution >= 4 is 44.7 Å². The number of halogens is 1. The number of aryl methyl sites for hydroxylation is 2. The molecule has 0 aliphatic rings. The average Bonchev–Trinajstić information content (AvgIpc) is 3.19. The molecule has 0 radical (unpaired) electrons. The zero-order chi connectivity index (χ0) is 22.0. The number of amides is 1. The van der Waals surface area contributed by atoms with Crippen LogP contribution >= 0.6 is 22.9 Å². The predicted molar refractivity (Wildman–Crippen MR) is 125 cm³/mol. The number of fused-ring (bicyclic) bond motifs is 1. The van der Waals surface area contributed by atoms with E-state index in [1.165, 1.54) is 29.3 Å². The minimum absolute atomic E-state index is 0.126. The number of rotatable bonds is 6. The van der Waals surface area contributed by atoms with Crippen LogP contribution in [0.5, 0.6) is 5.75 Å². The molecule has 0 atom stereocenters. The van der Waals surface area contributed by atoms with Crippen LogP contribution in [0.4, 0.5) is 5.69 Å². The first kappa shape index (κ1) is 21.1. The van der Waals surface area contributed by atoms with Crippen molar-refractivity contribution in [2.24, 2.45) is 0 Å². The Hall–Kier alpha value is -3.16. The average molecular weight is 454 g/mol. The van der Waals surface area contributed by atoms with Crippen molar-refractivity contribution in [3.63, 3.8) is 0 Å². The second-order valence-electron chi connectivity index (χ2n) is 7.09. The van der Waals surface area contributed by atoms with Gasteiger partial charge in [0.15, 0.2) is 0 Å². The number of hydrogen-bond donors (Lipinski definition) is 1. The largest absolute Gasteiger partial charge is 0.495 e. The van der Waals surface area contributed by atoms with Gasteiger partial charge in [0.05, 0.1) is 23.8 Å². The van der Waals surface area contributed by atoms with Crippen LogP contribution in [0.1, 0.15) is 12.0 Å². The van der Waals surface area contributed by atoms with Gasteiger partial charge in [0.2, 0.25) is 5.91 Å². The van der Waals surface area contributed by atoms with Crippen molar-refractivity contribution < 1.29 is 9.53 Å². The summed E-state index contributed by atoms with van der Waals surface area (Å²) in [5.41, 5.74) is 3.41. The van der Waals surface area contributed by atoms with Crippen molar-refractivity contribution in [2.45, 2.75) is 19.9 Å². The van der Waals surface area contributed by atoms with Gasteiger partial charge in [0.1, 0.15) is 10.6 Å². The molecule has 0 bridgehead atoms. The second-order valence-corrected chi connectivity index (χ2v) is 8.35. The van der Waals surface area contributed by atoms with Crippen molar-refractivity contribution in [3.8, 4) is 16.9 Å². The number of ether oxygens (including phenoxy) is 1. The third-order valence-electron chi connectivity index (χ3n) is 4.94. The van der Waals surface area contributed by atoms with Gasteiger partial charge in [-0.15, -0.1) is 11.3 Å². The van der Waals surface area contributed by atoms with E-state index in [9.17, 15) is 9.59 Å². The molecule has 4 rings (SSSR count). The van der Waals surface area contributed by atoms with Gasteiger partial charge in [-0.25, -0.2) is 4.98 Å². The lowest BCUT2D eigenvalue weighted by Gasteiger charge is -2.09. The van der Waals surface area contributed by atoms with Gasteiger partial charge in [-0.2, -0.15) is 0 Å². The third kappa shape index (κ3) is 4.47.